The van der Waals surface area contributed by atoms with Gasteiger partial charge in [0.2, 0.25) is 0 Å². The third-order valence-electron chi connectivity index (χ3n) is 1.41. The SMILES string of the molecule is CN(CCCCO)N(O)NOCCl. The molecule has 0 aliphatic heterocycles. The van der Waals surface area contributed by atoms with Crippen LogP contribution >= 0.6 is 11.6 Å². The molecule has 0 unspecified atom stereocenters. The summed E-state index contributed by atoms with van der Waals surface area (Å²) in [5.41, 5.74) is 2.18. The summed E-state index contributed by atoms with van der Waals surface area (Å²) in [4.78, 5) is 4.52. The van der Waals surface area contributed by atoms with E-state index < -0.39 is 0 Å². The number of nitrogens with one attached hydrogen (secondary N) is 1. The summed E-state index contributed by atoms with van der Waals surface area (Å²) in [5, 5.41) is 19.8. The number of hydrogen-bond acceptors (Lipinski definition) is 6. The van der Waals surface area contributed by atoms with Crippen molar-refractivity contribution >= 4 is 11.6 Å². The van der Waals surface area contributed by atoms with Gasteiger partial charge in [-0.3, -0.25) is 10.0 Å². The van der Waals surface area contributed by atoms with Crippen LogP contribution in [0.1, 0.15) is 12.8 Å². The van der Waals surface area contributed by atoms with Gasteiger partial charge in [-0.05, 0) is 18.1 Å². The van der Waals surface area contributed by atoms with Crippen LogP contribution in [0.2, 0.25) is 0 Å². The second kappa shape index (κ2) is 8.64. The second-order valence-electron chi connectivity index (χ2n) is 2.45. The van der Waals surface area contributed by atoms with E-state index in [2.05, 4.69) is 10.4 Å². The predicted molar refractivity (Wildman–Crippen MR) is 47.5 cm³/mol. The van der Waals surface area contributed by atoms with Crippen LogP contribution in [0.15, 0.2) is 0 Å². The van der Waals surface area contributed by atoms with E-state index in [1.165, 1.54) is 5.01 Å². The summed E-state index contributed by atoms with van der Waals surface area (Å²) in [7, 11) is 1.67. The number of aliphatic hydroxyl groups excluding tert-OH is 1. The van der Waals surface area contributed by atoms with E-state index in [9.17, 15) is 0 Å². The lowest BCUT2D eigenvalue weighted by atomic mass is 10.3. The van der Waals surface area contributed by atoms with Gasteiger partial charge >= 0.3 is 0 Å². The number of halogens is 1. The molecule has 0 rings (SSSR count). The number of alkyl halides is 1. The second-order valence-corrected chi connectivity index (χ2v) is 2.66. The van der Waals surface area contributed by atoms with Crippen molar-refractivity contribution in [1.29, 1.82) is 0 Å². The van der Waals surface area contributed by atoms with Crippen molar-refractivity contribution in [2.24, 2.45) is 0 Å². The molecule has 13 heavy (non-hydrogen) atoms. The first kappa shape index (κ1) is 13.1. The van der Waals surface area contributed by atoms with E-state index in [0.717, 1.165) is 6.42 Å². The molecule has 80 valence electrons. The van der Waals surface area contributed by atoms with Crippen LogP contribution in [0.5, 0.6) is 0 Å². The monoisotopic (exact) mass is 213 g/mol. The Morgan fingerprint density at radius 3 is 2.69 bits per heavy atom. The summed E-state index contributed by atoms with van der Waals surface area (Å²) in [6, 6.07) is -0.0540. The third kappa shape index (κ3) is 7.15. The highest BCUT2D eigenvalue weighted by Gasteiger charge is 2.06. The maximum Gasteiger partial charge on any atom is 0.144 e. The van der Waals surface area contributed by atoms with Crippen molar-refractivity contribution < 1.29 is 15.2 Å². The molecular weight excluding hydrogens is 198 g/mol. The van der Waals surface area contributed by atoms with Gasteiger partial charge in [0.1, 0.15) is 6.07 Å². The molecule has 0 aromatic heterocycles. The van der Waals surface area contributed by atoms with Gasteiger partial charge in [0.05, 0.1) is 0 Å². The smallest absolute Gasteiger partial charge is 0.144 e. The molecule has 0 saturated heterocycles. The Morgan fingerprint density at radius 2 is 2.15 bits per heavy atom. The van der Waals surface area contributed by atoms with Crippen LogP contribution in [0.25, 0.3) is 0 Å². The van der Waals surface area contributed by atoms with Crippen LogP contribution in [-0.2, 0) is 4.84 Å². The number of hydrazine groups is 2. The standard InChI is InChI=1S/C6H16ClN3O3/c1-9(4-2-3-5-11)10(12)8-13-6-7/h8,11-12H,2-6H2,1H3. The maximum atomic E-state index is 9.15. The Bertz CT molecular complexity index is 119. The highest BCUT2D eigenvalue weighted by atomic mass is 35.5. The molecule has 0 spiro atoms. The number of hydrogen-bond donors (Lipinski definition) is 3. The van der Waals surface area contributed by atoms with Crippen LogP contribution in [0.3, 0.4) is 0 Å². The van der Waals surface area contributed by atoms with Crippen molar-refractivity contribution in [2.45, 2.75) is 12.8 Å². The van der Waals surface area contributed by atoms with Crippen molar-refractivity contribution in [2.75, 3.05) is 26.3 Å². The summed E-state index contributed by atoms with van der Waals surface area (Å²) >= 11 is 5.20. The summed E-state index contributed by atoms with van der Waals surface area (Å²) < 4.78 is 0. The highest BCUT2D eigenvalue weighted by molar-refractivity contribution is 6.17. The molecule has 0 saturated carbocycles. The van der Waals surface area contributed by atoms with Crippen LogP contribution in [0, 0.1) is 0 Å². The fourth-order valence-corrected chi connectivity index (χ4v) is 0.748. The topological polar surface area (TPSA) is 68.2 Å². The molecule has 6 nitrogen and oxygen atoms in total. The quantitative estimate of drug-likeness (QED) is 0.298. The first-order valence-corrected chi connectivity index (χ1v) is 4.50. The van der Waals surface area contributed by atoms with Crippen molar-refractivity contribution in [3.05, 3.63) is 0 Å². The van der Waals surface area contributed by atoms with Gasteiger partial charge < -0.3 is 5.11 Å². The van der Waals surface area contributed by atoms with E-state index >= 15 is 0 Å². The largest absolute Gasteiger partial charge is 0.396 e. The molecule has 0 aromatic carbocycles. The Morgan fingerprint density at radius 1 is 1.46 bits per heavy atom. The lowest BCUT2D eigenvalue weighted by Gasteiger charge is -2.24. The molecule has 0 aliphatic carbocycles. The van der Waals surface area contributed by atoms with E-state index in [4.69, 9.17) is 21.9 Å². The average Bonchev–Trinajstić information content (AvgIpc) is 2.14. The van der Waals surface area contributed by atoms with Gasteiger partial charge in [-0.15, -0.1) is 0 Å². The minimum absolute atomic E-state index is 0.0540. The van der Waals surface area contributed by atoms with Crippen molar-refractivity contribution in [3.8, 4) is 0 Å². The summed E-state index contributed by atoms with van der Waals surface area (Å²) in [5.74, 6) is 0. The fourth-order valence-electron chi connectivity index (χ4n) is 0.699. The van der Waals surface area contributed by atoms with Crippen LogP contribution < -0.4 is 5.59 Å². The Kier molecular flexibility index (Phi) is 8.67. The molecule has 0 amide bonds. The van der Waals surface area contributed by atoms with Gasteiger partial charge in [-0.1, -0.05) is 17.2 Å². The van der Waals surface area contributed by atoms with Gasteiger partial charge in [0.15, 0.2) is 0 Å². The lowest BCUT2D eigenvalue weighted by Crippen LogP contribution is -2.46. The van der Waals surface area contributed by atoms with Gasteiger partial charge in [-0.25, -0.2) is 5.01 Å². The van der Waals surface area contributed by atoms with Gasteiger partial charge in [0.25, 0.3) is 0 Å². The predicted octanol–water partition coefficient (Wildman–Crippen LogP) is -0.0706. The Balaban J connectivity index is 3.38. The van der Waals surface area contributed by atoms with E-state index in [1.54, 1.807) is 7.05 Å². The lowest BCUT2D eigenvalue weighted by molar-refractivity contribution is -0.334. The molecule has 3 N–H and O–H groups in total. The minimum atomic E-state index is -0.0540. The van der Waals surface area contributed by atoms with Crippen molar-refractivity contribution in [1.82, 2.24) is 15.9 Å². The number of rotatable bonds is 8. The van der Waals surface area contributed by atoms with E-state index in [-0.39, 0.29) is 12.7 Å². The van der Waals surface area contributed by atoms with Gasteiger partial charge in [0, 0.05) is 20.2 Å². The highest BCUT2D eigenvalue weighted by Crippen LogP contribution is 1.93. The molecule has 0 heterocycles. The third-order valence-corrected chi connectivity index (χ3v) is 1.52. The van der Waals surface area contributed by atoms with Gasteiger partial charge in [-0.2, -0.15) is 0 Å². The molecule has 0 fully saturated rings. The van der Waals surface area contributed by atoms with E-state index in [0.29, 0.717) is 18.2 Å². The molecule has 0 aliphatic rings. The normalized spacial score (nSPS) is 11.5. The van der Waals surface area contributed by atoms with E-state index in [1.807, 2.05) is 0 Å². The average molecular weight is 214 g/mol. The maximum absolute atomic E-state index is 9.15. The number of nitrogens with zero attached hydrogens (tertiary/aromatic N) is 2. The molecule has 0 atom stereocenters. The zero-order chi connectivity index (χ0) is 10.1. The zero-order valence-electron chi connectivity index (χ0n) is 7.61. The molecule has 7 heteroatoms. The molecule has 0 aromatic rings. The summed E-state index contributed by atoms with van der Waals surface area (Å²) in [6.45, 7) is 0.764. The Hall–Kier alpha value is 0.0500. The molecule has 0 bridgehead atoms. The minimum Gasteiger partial charge on any atom is -0.396 e. The Labute approximate surface area is 82.5 Å². The van der Waals surface area contributed by atoms with Crippen molar-refractivity contribution in [3.63, 3.8) is 0 Å². The fraction of sp³-hybridized carbons (Fsp3) is 1.00. The zero-order valence-corrected chi connectivity index (χ0v) is 8.37. The van der Waals surface area contributed by atoms with Crippen LogP contribution in [0.4, 0.5) is 0 Å². The molecule has 0 radical (unpaired) electrons. The number of unbranched alkanes of at least 4 members (excludes halogenated alkanes) is 1. The first-order chi connectivity index (χ1) is 6.22. The molecular formula is C6H16ClN3O3. The van der Waals surface area contributed by atoms with Crippen LogP contribution in [-0.4, -0.2) is 46.9 Å². The first-order valence-electron chi connectivity index (χ1n) is 3.96. The summed E-state index contributed by atoms with van der Waals surface area (Å²) in [6.07, 6.45) is 1.49. The number of aliphatic hydroxyl groups is 1.